The molecule has 0 spiro atoms. The number of aromatic nitrogens is 2. The summed E-state index contributed by atoms with van der Waals surface area (Å²) < 4.78 is 24.2. The third kappa shape index (κ3) is 4.93. The minimum Gasteiger partial charge on any atom is -0.320 e. The van der Waals surface area contributed by atoms with E-state index >= 15 is 0 Å². The van der Waals surface area contributed by atoms with E-state index in [1.807, 2.05) is 36.6 Å². The van der Waals surface area contributed by atoms with Gasteiger partial charge in [0, 0.05) is 12.8 Å². The molecule has 0 radical (unpaired) electrons. The van der Waals surface area contributed by atoms with E-state index in [-0.39, 0.29) is 24.6 Å². The highest BCUT2D eigenvalue weighted by Gasteiger charge is 2.19. The highest BCUT2D eigenvalue weighted by atomic mass is 35.5. The van der Waals surface area contributed by atoms with E-state index in [9.17, 15) is 13.2 Å². The Hall–Kier alpha value is -1.64. The van der Waals surface area contributed by atoms with Crippen molar-refractivity contribution in [2.45, 2.75) is 32.9 Å². The van der Waals surface area contributed by atoms with E-state index in [0.717, 1.165) is 22.9 Å². The maximum atomic E-state index is 12.2. The second kappa shape index (κ2) is 7.96. The Morgan fingerprint density at radius 2 is 2.08 bits per heavy atom. The van der Waals surface area contributed by atoms with E-state index in [2.05, 4.69) is 10.3 Å². The Kier molecular flexibility index (Phi) is 6.76. The van der Waals surface area contributed by atoms with Gasteiger partial charge in [0.25, 0.3) is 0 Å². The van der Waals surface area contributed by atoms with Crippen molar-refractivity contribution in [3.05, 3.63) is 23.8 Å². The molecule has 1 amide bonds. The molecule has 0 saturated carbocycles. The summed E-state index contributed by atoms with van der Waals surface area (Å²) >= 11 is 0. The van der Waals surface area contributed by atoms with Crippen LogP contribution in [0.4, 0.5) is 5.95 Å². The molecule has 0 aliphatic rings. The van der Waals surface area contributed by atoms with Gasteiger partial charge < -0.3 is 10.3 Å². The zero-order valence-corrected chi connectivity index (χ0v) is 15.6. The Balaban J connectivity index is 0.00000288. The molecule has 3 N–H and O–H groups in total. The fourth-order valence-corrected chi connectivity index (χ4v) is 3.01. The van der Waals surface area contributed by atoms with Gasteiger partial charge in [-0.05, 0) is 38.0 Å². The Labute approximate surface area is 148 Å². The number of benzene rings is 1. The molecule has 7 nitrogen and oxygen atoms in total. The molecule has 2 aromatic rings. The summed E-state index contributed by atoms with van der Waals surface area (Å²) in [7, 11) is -3.14. The van der Waals surface area contributed by atoms with E-state index in [0.29, 0.717) is 12.5 Å². The molecule has 0 aliphatic heterocycles. The third-order valence-corrected chi connectivity index (χ3v) is 4.57. The number of carbonyl (C=O) groups is 1. The summed E-state index contributed by atoms with van der Waals surface area (Å²) in [4.78, 5) is 16.6. The van der Waals surface area contributed by atoms with Gasteiger partial charge in [0.1, 0.15) is 9.84 Å². The average Bonchev–Trinajstić information content (AvgIpc) is 2.79. The van der Waals surface area contributed by atoms with Crippen LogP contribution in [0.3, 0.4) is 0 Å². The van der Waals surface area contributed by atoms with Crippen LogP contribution in [0.15, 0.2) is 18.2 Å². The minimum atomic E-state index is -3.14. The first-order chi connectivity index (χ1) is 10.7. The number of halogens is 1. The van der Waals surface area contributed by atoms with Gasteiger partial charge in [-0.3, -0.25) is 10.1 Å². The van der Waals surface area contributed by atoms with Crippen LogP contribution in [0.1, 0.15) is 18.9 Å². The summed E-state index contributed by atoms with van der Waals surface area (Å²) in [5.74, 6) is -0.131. The van der Waals surface area contributed by atoms with Gasteiger partial charge in [-0.25, -0.2) is 13.4 Å². The molecular formula is C15H23ClN4O3S. The molecule has 2 rings (SSSR count). The maximum absolute atomic E-state index is 12.2. The second-order valence-electron chi connectivity index (χ2n) is 5.69. The highest BCUT2D eigenvalue weighted by molar-refractivity contribution is 7.90. The number of carbonyl (C=O) groups excluding carboxylic acids is 1. The van der Waals surface area contributed by atoms with Gasteiger partial charge in [0.15, 0.2) is 0 Å². The first-order valence-corrected chi connectivity index (χ1v) is 9.48. The number of nitrogens with one attached hydrogen (secondary N) is 1. The van der Waals surface area contributed by atoms with Crippen LogP contribution in [-0.2, 0) is 21.2 Å². The number of hydrogen-bond donors (Lipinski definition) is 2. The molecule has 1 heterocycles. The predicted molar refractivity (Wildman–Crippen MR) is 98.3 cm³/mol. The number of imidazole rings is 1. The smallest absolute Gasteiger partial charge is 0.243 e. The maximum Gasteiger partial charge on any atom is 0.243 e. The van der Waals surface area contributed by atoms with Crippen molar-refractivity contribution in [1.29, 1.82) is 0 Å². The van der Waals surface area contributed by atoms with Crippen LogP contribution < -0.4 is 11.1 Å². The van der Waals surface area contributed by atoms with Gasteiger partial charge in [0.2, 0.25) is 11.9 Å². The van der Waals surface area contributed by atoms with Crippen molar-refractivity contribution < 1.29 is 13.2 Å². The summed E-state index contributed by atoms with van der Waals surface area (Å²) in [5, 5.41) is 2.70. The van der Waals surface area contributed by atoms with Gasteiger partial charge in [-0.15, -0.1) is 12.4 Å². The topological polar surface area (TPSA) is 107 Å². The van der Waals surface area contributed by atoms with Crippen molar-refractivity contribution in [3.63, 3.8) is 0 Å². The lowest BCUT2D eigenvalue weighted by atomic mass is 10.2. The lowest BCUT2D eigenvalue weighted by Gasteiger charge is -2.12. The SMILES string of the molecule is CCn1c(NC(=O)C(N)CCS(C)(=O)=O)nc2cc(C)ccc21.Cl. The molecule has 134 valence electrons. The first kappa shape index (κ1) is 20.4. The largest absolute Gasteiger partial charge is 0.320 e. The predicted octanol–water partition coefficient (Wildman–Crippen LogP) is 1.49. The van der Waals surface area contributed by atoms with Crippen LogP contribution in [0.25, 0.3) is 11.0 Å². The summed E-state index contributed by atoms with van der Waals surface area (Å²) in [6.07, 6.45) is 1.20. The summed E-state index contributed by atoms with van der Waals surface area (Å²) in [6.45, 7) is 4.58. The zero-order chi connectivity index (χ0) is 17.2. The molecule has 0 bridgehead atoms. The lowest BCUT2D eigenvalue weighted by Crippen LogP contribution is -2.37. The molecule has 1 atom stereocenters. The Bertz CT molecular complexity index is 833. The first-order valence-electron chi connectivity index (χ1n) is 7.42. The number of sulfone groups is 1. The van der Waals surface area contributed by atoms with E-state index < -0.39 is 21.8 Å². The fraction of sp³-hybridized carbons (Fsp3) is 0.467. The number of fused-ring (bicyclic) bond motifs is 1. The number of aryl methyl sites for hydroxylation is 2. The van der Waals surface area contributed by atoms with Crippen molar-refractivity contribution in [2.75, 3.05) is 17.3 Å². The van der Waals surface area contributed by atoms with Crippen LogP contribution in [-0.4, -0.2) is 41.9 Å². The number of amides is 1. The molecule has 1 aromatic heterocycles. The number of nitrogens with zero attached hydrogens (tertiary/aromatic N) is 2. The molecular weight excluding hydrogens is 352 g/mol. The van der Waals surface area contributed by atoms with Gasteiger partial charge in [-0.1, -0.05) is 6.07 Å². The normalized spacial score (nSPS) is 12.7. The highest BCUT2D eigenvalue weighted by Crippen LogP contribution is 2.21. The van der Waals surface area contributed by atoms with Crippen molar-refractivity contribution in [2.24, 2.45) is 5.73 Å². The zero-order valence-electron chi connectivity index (χ0n) is 13.9. The van der Waals surface area contributed by atoms with Crippen LogP contribution in [0.2, 0.25) is 0 Å². The number of rotatable bonds is 6. The van der Waals surface area contributed by atoms with Crippen molar-refractivity contribution in [3.8, 4) is 0 Å². The van der Waals surface area contributed by atoms with Gasteiger partial charge in [0.05, 0.1) is 22.8 Å². The number of anilines is 1. The standard InChI is InChI=1S/C15H22N4O3S.ClH/c1-4-19-13-6-5-10(2)9-12(13)17-15(19)18-14(20)11(16)7-8-23(3,21)22;/h5-6,9,11H,4,7-8,16H2,1-3H3,(H,17,18,20);1H. The van der Waals surface area contributed by atoms with E-state index in [1.165, 1.54) is 0 Å². The van der Waals surface area contributed by atoms with Crippen molar-refractivity contribution in [1.82, 2.24) is 9.55 Å². The number of hydrogen-bond acceptors (Lipinski definition) is 5. The number of nitrogens with two attached hydrogens (primary N) is 1. The van der Waals surface area contributed by atoms with E-state index in [4.69, 9.17) is 5.73 Å². The quantitative estimate of drug-likeness (QED) is 0.796. The Morgan fingerprint density at radius 1 is 1.42 bits per heavy atom. The second-order valence-corrected chi connectivity index (χ2v) is 7.95. The summed E-state index contributed by atoms with van der Waals surface area (Å²) in [5.41, 5.74) is 8.58. The third-order valence-electron chi connectivity index (χ3n) is 3.59. The van der Waals surface area contributed by atoms with Crippen LogP contribution >= 0.6 is 12.4 Å². The molecule has 24 heavy (non-hydrogen) atoms. The monoisotopic (exact) mass is 374 g/mol. The molecule has 1 unspecified atom stereocenters. The van der Waals surface area contributed by atoms with E-state index in [1.54, 1.807) is 0 Å². The van der Waals surface area contributed by atoms with Crippen molar-refractivity contribution >= 4 is 45.1 Å². The fourth-order valence-electron chi connectivity index (χ4n) is 2.33. The van der Waals surface area contributed by atoms with Gasteiger partial charge in [-0.2, -0.15) is 0 Å². The van der Waals surface area contributed by atoms with Crippen LogP contribution in [0.5, 0.6) is 0 Å². The Morgan fingerprint density at radius 3 is 2.67 bits per heavy atom. The van der Waals surface area contributed by atoms with Crippen LogP contribution in [0, 0.1) is 6.92 Å². The lowest BCUT2D eigenvalue weighted by molar-refractivity contribution is -0.117. The summed E-state index contributed by atoms with van der Waals surface area (Å²) in [6, 6.07) is 5.00. The van der Waals surface area contributed by atoms with Gasteiger partial charge >= 0.3 is 0 Å². The average molecular weight is 375 g/mol. The molecule has 9 heteroatoms. The molecule has 1 aromatic carbocycles. The molecule has 0 fully saturated rings. The molecule has 0 aliphatic carbocycles. The molecule has 0 saturated heterocycles. The minimum absolute atomic E-state index is 0.